The Hall–Kier alpha value is 0.660. The van der Waals surface area contributed by atoms with Crippen molar-refractivity contribution in [2.24, 2.45) is 0 Å². The quantitative estimate of drug-likeness (QED) is 0.485. The molecule has 1 fully saturated rings. The maximum absolute atomic E-state index is 3.84. The molecule has 0 amide bonds. The van der Waals surface area contributed by atoms with Gasteiger partial charge >= 0.3 is 0 Å². The lowest BCUT2D eigenvalue weighted by Crippen LogP contribution is -2.43. The molecule has 4 unspecified atom stereocenters. The third-order valence-electron chi connectivity index (χ3n) is 4.55. The Kier molecular flexibility index (Phi) is 11.4. The number of hydrogen-bond acceptors (Lipinski definition) is 3. The number of nitrogens with one attached hydrogen (secondary N) is 1. The van der Waals surface area contributed by atoms with E-state index in [1.54, 1.807) is 0 Å². The van der Waals surface area contributed by atoms with Crippen molar-refractivity contribution in [2.45, 2.75) is 101 Å². The fourth-order valence-corrected chi connectivity index (χ4v) is 6.08. The molecule has 1 aliphatic rings. The van der Waals surface area contributed by atoms with Crippen molar-refractivity contribution in [2.75, 3.05) is 12.3 Å². The summed E-state index contributed by atoms with van der Waals surface area (Å²) in [5.41, 5.74) is 0. The fourth-order valence-electron chi connectivity index (χ4n) is 2.91. The van der Waals surface area contributed by atoms with Crippen molar-refractivity contribution in [1.29, 1.82) is 0 Å². The molecule has 1 rings (SSSR count). The first-order valence-corrected chi connectivity index (χ1v) is 11.2. The summed E-state index contributed by atoms with van der Waals surface area (Å²) in [6.45, 7) is 10.6. The van der Waals surface area contributed by atoms with Crippen LogP contribution in [0.15, 0.2) is 0 Å². The Morgan fingerprint density at radius 3 is 2.33 bits per heavy atom. The lowest BCUT2D eigenvalue weighted by atomic mass is 10.0. The van der Waals surface area contributed by atoms with Crippen LogP contribution in [0.2, 0.25) is 0 Å². The highest BCUT2D eigenvalue weighted by molar-refractivity contribution is 8.07. The Morgan fingerprint density at radius 2 is 1.67 bits per heavy atom. The Morgan fingerprint density at radius 1 is 0.952 bits per heavy atom. The molecule has 0 aromatic rings. The summed E-state index contributed by atoms with van der Waals surface area (Å²) < 4.78 is 0. The molecule has 0 saturated carbocycles. The molecule has 1 heterocycles. The van der Waals surface area contributed by atoms with Crippen LogP contribution in [-0.2, 0) is 0 Å². The smallest absolute Gasteiger partial charge is 0.0294 e. The van der Waals surface area contributed by atoms with E-state index in [4.69, 9.17) is 0 Å². The van der Waals surface area contributed by atoms with Crippen LogP contribution >= 0.6 is 23.5 Å². The standard InChI is InChI=1S/C18H37NS2/c1-5-7-8-9-10-11-12-17(19-13-6-2)18-14-20-15(3)16(4)21-18/h15-19H,5-14H2,1-4H3. The summed E-state index contributed by atoms with van der Waals surface area (Å²) in [6, 6.07) is 0.739. The van der Waals surface area contributed by atoms with Crippen molar-refractivity contribution in [3.63, 3.8) is 0 Å². The van der Waals surface area contributed by atoms with E-state index >= 15 is 0 Å². The lowest BCUT2D eigenvalue weighted by molar-refractivity contribution is 0.450. The van der Waals surface area contributed by atoms with E-state index < -0.39 is 0 Å². The minimum Gasteiger partial charge on any atom is -0.313 e. The van der Waals surface area contributed by atoms with Crippen molar-refractivity contribution in [1.82, 2.24) is 5.32 Å². The largest absolute Gasteiger partial charge is 0.313 e. The summed E-state index contributed by atoms with van der Waals surface area (Å²) in [6.07, 6.45) is 11.1. The van der Waals surface area contributed by atoms with E-state index in [0.29, 0.717) is 0 Å². The van der Waals surface area contributed by atoms with Crippen LogP contribution < -0.4 is 5.32 Å². The topological polar surface area (TPSA) is 12.0 Å². The van der Waals surface area contributed by atoms with Crippen LogP contribution in [0.5, 0.6) is 0 Å². The Bertz CT molecular complexity index is 247. The SMILES string of the molecule is CCCCCCCCC(NCCC)C1CSC(C)C(C)S1. The van der Waals surface area contributed by atoms with Gasteiger partial charge in [-0.1, -0.05) is 66.2 Å². The molecule has 0 aromatic carbocycles. The molecule has 3 heteroatoms. The summed E-state index contributed by atoms with van der Waals surface area (Å²) >= 11 is 4.43. The van der Waals surface area contributed by atoms with Crippen molar-refractivity contribution in [3.8, 4) is 0 Å². The van der Waals surface area contributed by atoms with Gasteiger partial charge in [-0.3, -0.25) is 0 Å². The second-order valence-electron chi connectivity index (χ2n) is 6.54. The van der Waals surface area contributed by atoms with Crippen LogP contribution in [0.25, 0.3) is 0 Å². The van der Waals surface area contributed by atoms with Gasteiger partial charge in [0.25, 0.3) is 0 Å². The van der Waals surface area contributed by atoms with E-state index in [0.717, 1.165) is 21.8 Å². The van der Waals surface area contributed by atoms with Gasteiger partial charge in [0.15, 0.2) is 0 Å². The molecule has 1 aliphatic heterocycles. The predicted octanol–water partition coefficient (Wildman–Crippen LogP) is 5.73. The van der Waals surface area contributed by atoms with Crippen LogP contribution in [0.3, 0.4) is 0 Å². The average molecular weight is 332 g/mol. The van der Waals surface area contributed by atoms with Gasteiger partial charge < -0.3 is 5.32 Å². The number of unbranched alkanes of at least 4 members (excludes halogenated alkanes) is 5. The molecule has 0 aromatic heterocycles. The highest BCUT2D eigenvalue weighted by Gasteiger charge is 2.30. The third kappa shape index (κ3) is 8.18. The Labute approximate surface area is 142 Å². The molecule has 0 aliphatic carbocycles. The molecule has 0 spiro atoms. The van der Waals surface area contributed by atoms with Gasteiger partial charge in [-0.2, -0.15) is 23.5 Å². The number of hydrogen-bond donors (Lipinski definition) is 1. The molecule has 21 heavy (non-hydrogen) atoms. The molecule has 0 radical (unpaired) electrons. The summed E-state index contributed by atoms with van der Waals surface area (Å²) in [5, 5.41) is 6.30. The van der Waals surface area contributed by atoms with Gasteiger partial charge in [0.05, 0.1) is 0 Å². The first kappa shape index (κ1) is 19.7. The van der Waals surface area contributed by atoms with E-state index in [9.17, 15) is 0 Å². The minimum atomic E-state index is 0.739. The molecule has 0 bridgehead atoms. The Balaban J connectivity index is 2.29. The highest BCUT2D eigenvalue weighted by atomic mass is 32.2. The maximum Gasteiger partial charge on any atom is 0.0294 e. The molecule has 1 N–H and O–H groups in total. The van der Waals surface area contributed by atoms with Crippen LogP contribution in [0, 0.1) is 0 Å². The average Bonchev–Trinajstić information content (AvgIpc) is 2.49. The van der Waals surface area contributed by atoms with E-state index in [1.807, 2.05) is 0 Å². The highest BCUT2D eigenvalue weighted by Crippen LogP contribution is 2.37. The molecule has 4 atom stereocenters. The van der Waals surface area contributed by atoms with Gasteiger partial charge in [0.2, 0.25) is 0 Å². The number of rotatable bonds is 11. The predicted molar refractivity (Wildman–Crippen MR) is 103 cm³/mol. The summed E-state index contributed by atoms with van der Waals surface area (Å²) in [7, 11) is 0. The lowest BCUT2D eigenvalue weighted by Gasteiger charge is -2.36. The van der Waals surface area contributed by atoms with E-state index in [-0.39, 0.29) is 0 Å². The first-order chi connectivity index (χ1) is 10.2. The summed E-state index contributed by atoms with van der Waals surface area (Å²) in [5.74, 6) is 1.34. The fraction of sp³-hybridized carbons (Fsp3) is 1.00. The second kappa shape index (κ2) is 12.1. The van der Waals surface area contributed by atoms with Gasteiger partial charge in [-0.05, 0) is 19.4 Å². The number of thioether (sulfide) groups is 2. The molecule has 1 nitrogen and oxygen atoms in total. The monoisotopic (exact) mass is 331 g/mol. The van der Waals surface area contributed by atoms with Gasteiger partial charge in [-0.25, -0.2) is 0 Å². The van der Waals surface area contributed by atoms with Gasteiger partial charge in [0, 0.05) is 27.5 Å². The van der Waals surface area contributed by atoms with Crippen LogP contribution in [0.1, 0.15) is 79.1 Å². The van der Waals surface area contributed by atoms with Crippen LogP contribution in [0.4, 0.5) is 0 Å². The minimum absolute atomic E-state index is 0.739. The first-order valence-electron chi connectivity index (χ1n) is 9.19. The second-order valence-corrected chi connectivity index (χ2v) is 9.57. The van der Waals surface area contributed by atoms with Crippen molar-refractivity contribution in [3.05, 3.63) is 0 Å². The van der Waals surface area contributed by atoms with Gasteiger partial charge in [-0.15, -0.1) is 0 Å². The zero-order valence-corrected chi connectivity index (χ0v) is 16.3. The molecule has 1 saturated heterocycles. The van der Waals surface area contributed by atoms with Gasteiger partial charge in [0.1, 0.15) is 0 Å². The molecule has 126 valence electrons. The zero-order valence-electron chi connectivity index (χ0n) is 14.7. The van der Waals surface area contributed by atoms with Crippen LogP contribution in [-0.4, -0.2) is 34.1 Å². The van der Waals surface area contributed by atoms with E-state index in [2.05, 4.69) is 56.5 Å². The third-order valence-corrected chi connectivity index (χ3v) is 8.10. The normalized spacial score (nSPS) is 27.7. The maximum atomic E-state index is 3.84. The van der Waals surface area contributed by atoms with Crippen molar-refractivity contribution < 1.29 is 0 Å². The zero-order chi connectivity index (χ0) is 15.5. The summed E-state index contributed by atoms with van der Waals surface area (Å²) in [4.78, 5) is 0. The molecular formula is C18H37NS2. The van der Waals surface area contributed by atoms with E-state index in [1.165, 1.54) is 63.7 Å². The van der Waals surface area contributed by atoms with Crippen molar-refractivity contribution >= 4 is 23.5 Å². The molecular weight excluding hydrogens is 294 g/mol.